The molecule has 108 valence electrons. The van der Waals surface area contributed by atoms with Crippen molar-refractivity contribution in [1.29, 1.82) is 0 Å². The fourth-order valence-corrected chi connectivity index (χ4v) is 2.56. The van der Waals surface area contributed by atoms with Crippen LogP contribution in [0.1, 0.15) is 12.0 Å². The lowest BCUT2D eigenvalue weighted by Gasteiger charge is -2.14. The highest BCUT2D eigenvalue weighted by Crippen LogP contribution is 2.20. The molecular formula is C16H22N2O2. The molecule has 1 unspecified atom stereocenters. The second-order valence-electron chi connectivity index (χ2n) is 5.07. The molecule has 0 saturated carbocycles. The van der Waals surface area contributed by atoms with Gasteiger partial charge in [-0.2, -0.15) is 0 Å². The maximum absolute atomic E-state index is 12.1. The van der Waals surface area contributed by atoms with E-state index in [0.29, 0.717) is 5.92 Å². The van der Waals surface area contributed by atoms with E-state index in [1.54, 1.807) is 13.2 Å². The van der Waals surface area contributed by atoms with Crippen molar-refractivity contribution in [3.05, 3.63) is 35.9 Å². The monoisotopic (exact) mass is 274 g/mol. The Morgan fingerprint density at radius 1 is 1.50 bits per heavy atom. The number of benzene rings is 1. The van der Waals surface area contributed by atoms with Crippen LogP contribution >= 0.6 is 0 Å². The van der Waals surface area contributed by atoms with E-state index in [1.165, 1.54) is 0 Å². The third-order valence-electron chi connectivity index (χ3n) is 3.63. The van der Waals surface area contributed by atoms with Crippen LogP contribution in [0.4, 0.5) is 0 Å². The summed E-state index contributed by atoms with van der Waals surface area (Å²) in [6.45, 7) is 2.66. The van der Waals surface area contributed by atoms with Gasteiger partial charge in [0.05, 0.1) is 7.11 Å². The highest BCUT2D eigenvalue weighted by molar-refractivity contribution is 5.92. The van der Waals surface area contributed by atoms with E-state index >= 15 is 0 Å². The lowest BCUT2D eigenvalue weighted by Crippen LogP contribution is -2.28. The van der Waals surface area contributed by atoms with Gasteiger partial charge >= 0.3 is 0 Å². The number of carbonyl (C=O) groups is 1. The van der Waals surface area contributed by atoms with Gasteiger partial charge in [0.25, 0.3) is 0 Å². The third-order valence-corrected chi connectivity index (χ3v) is 3.63. The average Bonchev–Trinajstić information content (AvgIpc) is 2.94. The van der Waals surface area contributed by atoms with Crippen molar-refractivity contribution in [2.45, 2.75) is 6.42 Å². The van der Waals surface area contributed by atoms with Gasteiger partial charge in [0.1, 0.15) is 5.75 Å². The van der Waals surface area contributed by atoms with Crippen molar-refractivity contribution in [3.8, 4) is 5.75 Å². The number of para-hydroxylation sites is 1. The van der Waals surface area contributed by atoms with Crippen molar-refractivity contribution in [1.82, 2.24) is 10.2 Å². The molecular weight excluding hydrogens is 252 g/mol. The molecule has 1 aromatic rings. The molecule has 0 aromatic heterocycles. The predicted molar refractivity (Wildman–Crippen MR) is 80.6 cm³/mol. The molecule has 1 amide bonds. The standard InChI is InChI=1S/C16H22N2O2/c1-17-11-13-9-10-18(12-13)16(19)8-7-14-5-3-4-6-15(14)20-2/h3-8,13,17H,9-12H2,1-2H3/b8-7+. The molecule has 1 N–H and O–H groups in total. The van der Waals surface area contributed by atoms with Gasteiger partial charge < -0.3 is 15.0 Å². The molecule has 4 nitrogen and oxygen atoms in total. The number of carbonyl (C=O) groups excluding carboxylic acids is 1. The van der Waals surface area contributed by atoms with Gasteiger partial charge in [0, 0.05) is 24.7 Å². The molecule has 1 aliphatic heterocycles. The summed E-state index contributed by atoms with van der Waals surface area (Å²) in [5.74, 6) is 1.43. The molecule has 2 rings (SSSR count). The Balaban J connectivity index is 1.96. The zero-order chi connectivity index (χ0) is 14.4. The van der Waals surface area contributed by atoms with Crippen LogP contribution in [-0.4, -0.2) is 44.6 Å². The minimum absolute atomic E-state index is 0.0782. The van der Waals surface area contributed by atoms with Crippen LogP contribution in [0.15, 0.2) is 30.3 Å². The minimum Gasteiger partial charge on any atom is -0.496 e. The van der Waals surface area contributed by atoms with Crippen molar-refractivity contribution in [3.63, 3.8) is 0 Å². The molecule has 0 aliphatic carbocycles. The Bertz CT molecular complexity index is 485. The van der Waals surface area contributed by atoms with Crippen molar-refractivity contribution in [2.24, 2.45) is 5.92 Å². The van der Waals surface area contributed by atoms with Gasteiger partial charge in [-0.15, -0.1) is 0 Å². The number of ether oxygens (including phenoxy) is 1. The summed E-state index contributed by atoms with van der Waals surface area (Å²) in [6.07, 6.45) is 4.54. The first-order chi connectivity index (χ1) is 9.74. The smallest absolute Gasteiger partial charge is 0.246 e. The summed E-state index contributed by atoms with van der Waals surface area (Å²) in [7, 11) is 3.59. The highest BCUT2D eigenvalue weighted by atomic mass is 16.5. The Kier molecular flexibility index (Phi) is 5.18. The lowest BCUT2D eigenvalue weighted by atomic mass is 10.1. The molecule has 20 heavy (non-hydrogen) atoms. The fraction of sp³-hybridized carbons (Fsp3) is 0.438. The summed E-state index contributed by atoms with van der Waals surface area (Å²) in [5.41, 5.74) is 0.925. The second kappa shape index (κ2) is 7.10. The first-order valence-corrected chi connectivity index (χ1v) is 6.99. The SMILES string of the molecule is CNCC1CCN(C(=O)/C=C/c2ccccc2OC)C1. The van der Waals surface area contributed by atoms with Crippen molar-refractivity contribution >= 4 is 12.0 Å². The zero-order valence-corrected chi connectivity index (χ0v) is 12.1. The molecule has 1 heterocycles. The molecule has 0 radical (unpaired) electrons. The Labute approximate surface area is 120 Å². The first kappa shape index (κ1) is 14.6. The Morgan fingerprint density at radius 2 is 2.30 bits per heavy atom. The molecule has 1 aromatic carbocycles. The van der Waals surface area contributed by atoms with E-state index in [0.717, 1.165) is 37.4 Å². The number of amides is 1. The molecule has 1 saturated heterocycles. The quantitative estimate of drug-likeness (QED) is 0.832. The molecule has 0 spiro atoms. The van der Waals surface area contributed by atoms with Crippen LogP contribution in [0.2, 0.25) is 0 Å². The highest BCUT2D eigenvalue weighted by Gasteiger charge is 2.24. The number of methoxy groups -OCH3 is 1. The van der Waals surface area contributed by atoms with Gasteiger partial charge in [0.2, 0.25) is 5.91 Å². The van der Waals surface area contributed by atoms with Crippen LogP contribution in [0.5, 0.6) is 5.75 Å². The van der Waals surface area contributed by atoms with E-state index in [2.05, 4.69) is 5.32 Å². The number of hydrogen-bond acceptors (Lipinski definition) is 3. The molecule has 4 heteroatoms. The molecule has 0 bridgehead atoms. The molecule has 1 aliphatic rings. The van der Waals surface area contributed by atoms with Crippen LogP contribution in [0, 0.1) is 5.92 Å². The van der Waals surface area contributed by atoms with Crippen molar-refractivity contribution in [2.75, 3.05) is 33.8 Å². The summed E-state index contributed by atoms with van der Waals surface area (Å²) in [6, 6.07) is 7.69. The number of nitrogens with one attached hydrogen (secondary N) is 1. The maximum Gasteiger partial charge on any atom is 0.246 e. The van der Waals surface area contributed by atoms with Gasteiger partial charge in [0.15, 0.2) is 0 Å². The minimum atomic E-state index is 0.0782. The molecule has 1 atom stereocenters. The van der Waals surface area contributed by atoms with E-state index in [9.17, 15) is 4.79 Å². The van der Waals surface area contributed by atoms with E-state index < -0.39 is 0 Å². The Morgan fingerprint density at radius 3 is 3.05 bits per heavy atom. The first-order valence-electron chi connectivity index (χ1n) is 6.99. The second-order valence-corrected chi connectivity index (χ2v) is 5.07. The van der Waals surface area contributed by atoms with E-state index in [1.807, 2.05) is 42.3 Å². The lowest BCUT2D eigenvalue weighted by molar-refractivity contribution is -0.125. The number of hydrogen-bond donors (Lipinski definition) is 1. The zero-order valence-electron chi connectivity index (χ0n) is 12.1. The summed E-state index contributed by atoms with van der Waals surface area (Å²) < 4.78 is 5.27. The van der Waals surface area contributed by atoms with Gasteiger partial charge in [-0.05, 0) is 38.1 Å². The van der Waals surface area contributed by atoms with Crippen LogP contribution in [-0.2, 0) is 4.79 Å². The number of nitrogens with zero attached hydrogens (tertiary/aromatic N) is 1. The van der Waals surface area contributed by atoms with Crippen molar-refractivity contribution < 1.29 is 9.53 Å². The van der Waals surface area contributed by atoms with Gasteiger partial charge in [-0.25, -0.2) is 0 Å². The number of likely N-dealkylation sites (tertiary alicyclic amines) is 1. The summed E-state index contributed by atoms with van der Waals surface area (Å²) in [5, 5.41) is 3.17. The number of rotatable bonds is 5. The average molecular weight is 274 g/mol. The summed E-state index contributed by atoms with van der Waals surface area (Å²) >= 11 is 0. The fourth-order valence-electron chi connectivity index (χ4n) is 2.56. The Hall–Kier alpha value is -1.81. The van der Waals surface area contributed by atoms with Crippen LogP contribution < -0.4 is 10.1 Å². The largest absolute Gasteiger partial charge is 0.496 e. The van der Waals surface area contributed by atoms with E-state index in [-0.39, 0.29) is 5.91 Å². The van der Waals surface area contributed by atoms with Gasteiger partial charge in [-0.3, -0.25) is 4.79 Å². The maximum atomic E-state index is 12.1. The topological polar surface area (TPSA) is 41.6 Å². The third kappa shape index (κ3) is 3.61. The predicted octanol–water partition coefficient (Wildman–Crippen LogP) is 1.78. The normalized spacial score (nSPS) is 18.7. The van der Waals surface area contributed by atoms with Crippen LogP contribution in [0.3, 0.4) is 0 Å². The summed E-state index contributed by atoms with van der Waals surface area (Å²) in [4.78, 5) is 14.1. The van der Waals surface area contributed by atoms with Gasteiger partial charge in [-0.1, -0.05) is 18.2 Å². The van der Waals surface area contributed by atoms with Crippen LogP contribution in [0.25, 0.3) is 6.08 Å². The molecule has 1 fully saturated rings. The van der Waals surface area contributed by atoms with E-state index in [4.69, 9.17) is 4.74 Å².